The third kappa shape index (κ3) is 3.59. The fourth-order valence-electron chi connectivity index (χ4n) is 3.49. The van der Waals surface area contributed by atoms with Gasteiger partial charge in [0.2, 0.25) is 0 Å². The Hall–Kier alpha value is -3.61. The number of barbiturate groups is 1. The van der Waals surface area contributed by atoms with Crippen molar-refractivity contribution in [3.63, 3.8) is 0 Å². The quantitative estimate of drug-likeness (QED) is 0.532. The molecule has 1 aromatic carbocycles. The van der Waals surface area contributed by atoms with Crippen molar-refractivity contribution in [2.45, 2.75) is 26.9 Å². The van der Waals surface area contributed by atoms with Crippen LogP contribution in [-0.4, -0.2) is 27.3 Å². The highest BCUT2D eigenvalue weighted by atomic mass is 16.3. The average Bonchev–Trinajstić information content (AvgIpc) is 3.30. The molecule has 0 spiro atoms. The molecule has 0 bridgehead atoms. The number of hydrogen-bond acceptors (Lipinski definition) is 4. The second-order valence-corrected chi connectivity index (χ2v) is 7.44. The van der Waals surface area contributed by atoms with Crippen molar-refractivity contribution in [1.82, 2.24) is 14.8 Å². The summed E-state index contributed by atoms with van der Waals surface area (Å²) in [5.74, 6) is -0.449. The lowest BCUT2D eigenvalue weighted by atomic mass is 10.1. The minimum absolute atomic E-state index is 0.0443. The molecule has 3 heterocycles. The van der Waals surface area contributed by atoms with Crippen molar-refractivity contribution < 1.29 is 18.8 Å². The van der Waals surface area contributed by atoms with Gasteiger partial charge in [-0.15, -0.1) is 0 Å². The van der Waals surface area contributed by atoms with Crippen LogP contribution in [0.1, 0.15) is 25.2 Å². The second-order valence-electron chi connectivity index (χ2n) is 7.44. The molecular weight excluding hydrogens is 370 g/mol. The highest BCUT2D eigenvalue weighted by molar-refractivity contribution is 6.31. The number of amides is 4. The van der Waals surface area contributed by atoms with E-state index >= 15 is 0 Å². The molecule has 0 aliphatic carbocycles. The van der Waals surface area contributed by atoms with Crippen LogP contribution >= 0.6 is 0 Å². The van der Waals surface area contributed by atoms with E-state index in [-0.39, 0.29) is 12.1 Å². The number of rotatable bonds is 5. The highest BCUT2D eigenvalue weighted by Gasteiger charge is 2.36. The number of aromatic nitrogens is 1. The molecule has 4 amide bonds. The van der Waals surface area contributed by atoms with E-state index < -0.39 is 17.8 Å². The molecule has 0 radical (unpaired) electrons. The van der Waals surface area contributed by atoms with Crippen molar-refractivity contribution in [1.29, 1.82) is 0 Å². The van der Waals surface area contributed by atoms with Crippen molar-refractivity contribution in [2.75, 3.05) is 0 Å². The zero-order valence-corrected chi connectivity index (χ0v) is 16.2. The van der Waals surface area contributed by atoms with E-state index in [2.05, 4.69) is 23.7 Å². The summed E-state index contributed by atoms with van der Waals surface area (Å²) < 4.78 is 7.34. The third-order valence-electron chi connectivity index (χ3n) is 4.76. The predicted molar refractivity (Wildman–Crippen MR) is 108 cm³/mol. The number of carbonyl (C=O) groups is 3. The standard InChI is InChI=1S/C22H21N3O4/c1-14(2)11-24-12-15(17-7-3-4-8-19(17)24)10-18-20(26)23-22(28)25(21(18)27)13-16-6-5-9-29-16/h3-10,12,14H,11,13H2,1-2H3,(H,23,26,28). The number of fused-ring (bicyclic) bond motifs is 1. The molecule has 3 aromatic rings. The molecule has 1 aliphatic heterocycles. The second kappa shape index (κ2) is 7.43. The summed E-state index contributed by atoms with van der Waals surface area (Å²) in [5.41, 5.74) is 1.70. The van der Waals surface area contributed by atoms with E-state index in [1.807, 2.05) is 30.5 Å². The summed E-state index contributed by atoms with van der Waals surface area (Å²) in [7, 11) is 0. The maximum Gasteiger partial charge on any atom is 0.331 e. The molecule has 0 atom stereocenters. The van der Waals surface area contributed by atoms with Crippen molar-refractivity contribution >= 4 is 34.8 Å². The molecule has 2 aromatic heterocycles. The number of urea groups is 1. The first kappa shape index (κ1) is 18.7. The SMILES string of the molecule is CC(C)Cn1cc(C=C2C(=O)NC(=O)N(Cc3ccco3)C2=O)c2ccccc21. The topological polar surface area (TPSA) is 84.6 Å². The molecule has 29 heavy (non-hydrogen) atoms. The van der Waals surface area contributed by atoms with Gasteiger partial charge in [-0.25, -0.2) is 4.79 Å². The lowest BCUT2D eigenvalue weighted by Crippen LogP contribution is -2.53. The lowest BCUT2D eigenvalue weighted by molar-refractivity contribution is -0.130. The van der Waals surface area contributed by atoms with Crippen LogP contribution in [0.15, 0.2) is 58.8 Å². The van der Waals surface area contributed by atoms with Crippen LogP contribution in [0, 0.1) is 5.92 Å². The van der Waals surface area contributed by atoms with Gasteiger partial charge in [-0.3, -0.25) is 19.8 Å². The van der Waals surface area contributed by atoms with Gasteiger partial charge < -0.3 is 8.98 Å². The molecule has 0 unspecified atom stereocenters. The monoisotopic (exact) mass is 391 g/mol. The van der Waals surface area contributed by atoms with E-state index in [9.17, 15) is 14.4 Å². The minimum Gasteiger partial charge on any atom is -0.467 e. The van der Waals surface area contributed by atoms with Crippen LogP contribution in [-0.2, 0) is 22.7 Å². The molecule has 1 saturated heterocycles. The van der Waals surface area contributed by atoms with Crippen molar-refractivity contribution in [3.8, 4) is 0 Å². The van der Waals surface area contributed by atoms with Gasteiger partial charge in [0, 0.05) is 29.2 Å². The summed E-state index contributed by atoms with van der Waals surface area (Å²) >= 11 is 0. The van der Waals surface area contributed by atoms with Crippen molar-refractivity contribution in [3.05, 3.63) is 65.8 Å². The molecule has 0 saturated carbocycles. The van der Waals surface area contributed by atoms with Crippen molar-refractivity contribution in [2.24, 2.45) is 5.92 Å². The Morgan fingerprint density at radius 3 is 2.62 bits per heavy atom. The molecule has 1 fully saturated rings. The fourth-order valence-corrected chi connectivity index (χ4v) is 3.49. The number of imide groups is 2. The van der Waals surface area contributed by atoms with Gasteiger partial charge in [0.1, 0.15) is 11.3 Å². The Labute approximate surface area is 167 Å². The summed E-state index contributed by atoms with van der Waals surface area (Å²) in [4.78, 5) is 38.5. The van der Waals surface area contributed by atoms with Gasteiger partial charge in [0.05, 0.1) is 12.8 Å². The Balaban J connectivity index is 1.74. The van der Waals surface area contributed by atoms with E-state index in [4.69, 9.17) is 4.42 Å². The Bertz CT molecular complexity index is 1120. The smallest absolute Gasteiger partial charge is 0.331 e. The van der Waals surface area contributed by atoms with Gasteiger partial charge in [-0.1, -0.05) is 32.0 Å². The van der Waals surface area contributed by atoms with E-state index in [1.54, 1.807) is 18.2 Å². The summed E-state index contributed by atoms with van der Waals surface area (Å²) in [6.07, 6.45) is 4.96. The normalized spacial score (nSPS) is 16.3. The number of nitrogens with zero attached hydrogens (tertiary/aromatic N) is 2. The Morgan fingerprint density at radius 1 is 1.10 bits per heavy atom. The molecule has 1 aliphatic rings. The van der Waals surface area contributed by atoms with Gasteiger partial charge >= 0.3 is 6.03 Å². The maximum atomic E-state index is 12.9. The third-order valence-corrected chi connectivity index (χ3v) is 4.76. The van der Waals surface area contributed by atoms with E-state index in [0.29, 0.717) is 11.7 Å². The zero-order chi connectivity index (χ0) is 20.5. The van der Waals surface area contributed by atoms with E-state index in [0.717, 1.165) is 27.9 Å². The Morgan fingerprint density at radius 2 is 1.90 bits per heavy atom. The summed E-state index contributed by atoms with van der Waals surface area (Å²) in [6.45, 7) is 5.02. The first-order chi connectivity index (χ1) is 13.9. The number of nitrogens with one attached hydrogen (secondary N) is 1. The largest absolute Gasteiger partial charge is 0.467 e. The van der Waals surface area contributed by atoms with Crippen LogP contribution in [0.3, 0.4) is 0 Å². The number of carbonyl (C=O) groups excluding carboxylic acids is 3. The van der Waals surface area contributed by atoms with Gasteiger partial charge in [-0.05, 0) is 30.2 Å². The predicted octanol–water partition coefficient (Wildman–Crippen LogP) is 3.55. The molecule has 7 heteroatoms. The molecule has 148 valence electrons. The molecular formula is C22H21N3O4. The van der Waals surface area contributed by atoms with Gasteiger partial charge in [-0.2, -0.15) is 0 Å². The molecule has 1 N–H and O–H groups in total. The van der Waals surface area contributed by atoms with E-state index in [1.165, 1.54) is 6.26 Å². The first-order valence-electron chi connectivity index (χ1n) is 9.43. The number of para-hydroxylation sites is 1. The Kier molecular flexibility index (Phi) is 4.80. The molecule has 4 rings (SSSR count). The van der Waals surface area contributed by atoms with Crippen LogP contribution in [0.2, 0.25) is 0 Å². The number of hydrogen-bond donors (Lipinski definition) is 1. The molecule has 7 nitrogen and oxygen atoms in total. The summed E-state index contributed by atoms with van der Waals surface area (Å²) in [6, 6.07) is 10.4. The fraction of sp³-hybridized carbons (Fsp3) is 0.227. The van der Waals surface area contributed by atoms with Gasteiger partial charge in [0.25, 0.3) is 11.8 Å². The summed E-state index contributed by atoms with van der Waals surface area (Å²) in [5, 5.41) is 3.18. The average molecular weight is 391 g/mol. The number of benzene rings is 1. The van der Waals surface area contributed by atoms with Crippen LogP contribution in [0.5, 0.6) is 0 Å². The maximum absolute atomic E-state index is 12.9. The van der Waals surface area contributed by atoms with Crippen LogP contribution in [0.4, 0.5) is 4.79 Å². The van der Waals surface area contributed by atoms with Gasteiger partial charge in [0.15, 0.2) is 0 Å². The zero-order valence-electron chi connectivity index (χ0n) is 16.2. The highest BCUT2D eigenvalue weighted by Crippen LogP contribution is 2.26. The lowest BCUT2D eigenvalue weighted by Gasteiger charge is -2.25. The number of furan rings is 1. The minimum atomic E-state index is -0.754. The van der Waals surface area contributed by atoms with Crippen LogP contribution in [0.25, 0.3) is 17.0 Å². The van der Waals surface area contributed by atoms with Crippen LogP contribution < -0.4 is 5.32 Å². The first-order valence-corrected chi connectivity index (χ1v) is 9.43.